The molecule has 0 unspecified atom stereocenters. The SMILES string of the molecule is NCCCCCCc1nc(CC2CC2)no1. The average molecular weight is 223 g/mol. The zero-order valence-corrected chi connectivity index (χ0v) is 9.82. The second-order valence-corrected chi connectivity index (χ2v) is 4.70. The Hall–Kier alpha value is -0.900. The fourth-order valence-electron chi connectivity index (χ4n) is 1.83. The number of nitrogens with zero attached hydrogens (tertiary/aromatic N) is 2. The summed E-state index contributed by atoms with van der Waals surface area (Å²) in [5, 5.41) is 4.01. The van der Waals surface area contributed by atoms with Crippen LogP contribution in [0.4, 0.5) is 0 Å². The molecule has 4 heteroatoms. The van der Waals surface area contributed by atoms with Crippen LogP contribution in [0.2, 0.25) is 0 Å². The monoisotopic (exact) mass is 223 g/mol. The molecule has 0 saturated heterocycles. The van der Waals surface area contributed by atoms with Crippen molar-refractivity contribution in [3.8, 4) is 0 Å². The Morgan fingerprint density at radius 3 is 2.75 bits per heavy atom. The van der Waals surface area contributed by atoms with Gasteiger partial charge >= 0.3 is 0 Å². The van der Waals surface area contributed by atoms with Gasteiger partial charge in [-0.2, -0.15) is 4.98 Å². The Balaban J connectivity index is 1.62. The van der Waals surface area contributed by atoms with Gasteiger partial charge in [0, 0.05) is 12.8 Å². The van der Waals surface area contributed by atoms with Crippen molar-refractivity contribution >= 4 is 0 Å². The smallest absolute Gasteiger partial charge is 0.226 e. The maximum absolute atomic E-state index is 5.44. The fourth-order valence-corrected chi connectivity index (χ4v) is 1.83. The molecule has 0 aliphatic heterocycles. The minimum absolute atomic E-state index is 0.798. The molecular weight excluding hydrogens is 202 g/mol. The molecule has 0 radical (unpaired) electrons. The van der Waals surface area contributed by atoms with Crippen LogP contribution in [0.5, 0.6) is 0 Å². The number of aromatic nitrogens is 2. The molecule has 0 aromatic carbocycles. The summed E-state index contributed by atoms with van der Waals surface area (Å²) in [5.74, 6) is 2.54. The van der Waals surface area contributed by atoms with Gasteiger partial charge in [-0.3, -0.25) is 0 Å². The average Bonchev–Trinajstić information content (AvgIpc) is 2.98. The lowest BCUT2D eigenvalue weighted by Gasteiger charge is -1.96. The first-order chi connectivity index (χ1) is 7.88. The van der Waals surface area contributed by atoms with Gasteiger partial charge in [-0.05, 0) is 38.1 Å². The minimum atomic E-state index is 0.798. The Bertz CT molecular complexity index is 307. The van der Waals surface area contributed by atoms with Gasteiger partial charge in [-0.1, -0.05) is 18.0 Å². The molecule has 1 saturated carbocycles. The third-order valence-electron chi connectivity index (χ3n) is 3.02. The van der Waals surface area contributed by atoms with Gasteiger partial charge in [0.05, 0.1) is 0 Å². The zero-order valence-electron chi connectivity index (χ0n) is 9.82. The van der Waals surface area contributed by atoms with Crippen molar-refractivity contribution in [1.29, 1.82) is 0 Å². The molecule has 4 nitrogen and oxygen atoms in total. The van der Waals surface area contributed by atoms with E-state index in [-0.39, 0.29) is 0 Å². The van der Waals surface area contributed by atoms with Crippen molar-refractivity contribution < 1.29 is 4.52 Å². The maximum Gasteiger partial charge on any atom is 0.226 e. The molecule has 2 rings (SSSR count). The van der Waals surface area contributed by atoms with E-state index in [4.69, 9.17) is 10.3 Å². The van der Waals surface area contributed by atoms with Gasteiger partial charge in [0.2, 0.25) is 5.89 Å². The first-order valence-corrected chi connectivity index (χ1v) is 6.40. The fraction of sp³-hybridized carbons (Fsp3) is 0.833. The molecule has 1 aliphatic carbocycles. The van der Waals surface area contributed by atoms with Gasteiger partial charge in [-0.15, -0.1) is 0 Å². The highest BCUT2D eigenvalue weighted by Crippen LogP contribution is 2.31. The van der Waals surface area contributed by atoms with E-state index >= 15 is 0 Å². The van der Waals surface area contributed by atoms with Crippen molar-refractivity contribution in [2.75, 3.05) is 6.54 Å². The molecule has 90 valence electrons. The molecule has 1 aliphatic rings. The number of nitrogens with two attached hydrogens (primary N) is 1. The molecule has 1 aromatic heterocycles. The Morgan fingerprint density at radius 1 is 1.19 bits per heavy atom. The van der Waals surface area contributed by atoms with Crippen molar-refractivity contribution in [3.63, 3.8) is 0 Å². The standard InChI is InChI=1S/C12H21N3O/c13-8-4-2-1-3-5-12-14-11(15-16-12)9-10-6-7-10/h10H,1-9,13H2. The van der Waals surface area contributed by atoms with Gasteiger partial charge < -0.3 is 10.3 Å². The molecular formula is C12H21N3O. The van der Waals surface area contributed by atoms with E-state index in [9.17, 15) is 0 Å². The summed E-state index contributed by atoms with van der Waals surface area (Å²) in [6.07, 6.45) is 9.27. The van der Waals surface area contributed by atoms with Crippen LogP contribution in [-0.4, -0.2) is 16.7 Å². The van der Waals surface area contributed by atoms with E-state index in [2.05, 4.69) is 10.1 Å². The van der Waals surface area contributed by atoms with Crippen molar-refractivity contribution in [2.24, 2.45) is 11.7 Å². The minimum Gasteiger partial charge on any atom is -0.339 e. The summed E-state index contributed by atoms with van der Waals surface area (Å²) in [6.45, 7) is 0.798. The topological polar surface area (TPSA) is 64.9 Å². The lowest BCUT2D eigenvalue weighted by molar-refractivity contribution is 0.368. The second kappa shape index (κ2) is 5.99. The molecule has 0 spiro atoms. The van der Waals surface area contributed by atoms with E-state index in [1.165, 1.54) is 25.7 Å². The van der Waals surface area contributed by atoms with Crippen LogP contribution in [0.15, 0.2) is 4.52 Å². The molecule has 0 atom stereocenters. The number of rotatable bonds is 8. The Morgan fingerprint density at radius 2 is 2.00 bits per heavy atom. The molecule has 1 heterocycles. The molecule has 0 bridgehead atoms. The Labute approximate surface area is 96.6 Å². The van der Waals surface area contributed by atoms with Crippen molar-refractivity contribution in [3.05, 3.63) is 11.7 Å². The van der Waals surface area contributed by atoms with Crippen LogP contribution >= 0.6 is 0 Å². The van der Waals surface area contributed by atoms with Gasteiger partial charge in [-0.25, -0.2) is 0 Å². The van der Waals surface area contributed by atoms with E-state index in [0.717, 1.165) is 49.9 Å². The first-order valence-electron chi connectivity index (χ1n) is 6.40. The third-order valence-corrected chi connectivity index (χ3v) is 3.02. The molecule has 1 fully saturated rings. The lowest BCUT2D eigenvalue weighted by atomic mass is 10.1. The van der Waals surface area contributed by atoms with E-state index in [0.29, 0.717) is 0 Å². The van der Waals surface area contributed by atoms with Crippen LogP contribution in [0.25, 0.3) is 0 Å². The second-order valence-electron chi connectivity index (χ2n) is 4.70. The Kier molecular flexibility index (Phi) is 4.34. The first kappa shape index (κ1) is 11.6. The number of hydrogen-bond acceptors (Lipinski definition) is 4. The summed E-state index contributed by atoms with van der Waals surface area (Å²) in [6, 6.07) is 0. The highest BCUT2D eigenvalue weighted by Gasteiger charge is 2.23. The number of hydrogen-bond donors (Lipinski definition) is 1. The largest absolute Gasteiger partial charge is 0.339 e. The van der Waals surface area contributed by atoms with Crippen molar-refractivity contribution in [1.82, 2.24) is 10.1 Å². The maximum atomic E-state index is 5.44. The predicted octanol–water partition coefficient (Wildman–Crippen LogP) is 2.08. The lowest BCUT2D eigenvalue weighted by Crippen LogP contribution is -1.98. The molecule has 2 N–H and O–H groups in total. The highest BCUT2D eigenvalue weighted by atomic mass is 16.5. The molecule has 16 heavy (non-hydrogen) atoms. The van der Waals surface area contributed by atoms with Crippen LogP contribution in [0, 0.1) is 5.92 Å². The summed E-state index contributed by atoms with van der Waals surface area (Å²) in [7, 11) is 0. The van der Waals surface area contributed by atoms with Crippen molar-refractivity contribution in [2.45, 2.75) is 51.4 Å². The van der Waals surface area contributed by atoms with E-state index in [1.54, 1.807) is 0 Å². The number of unbranched alkanes of at least 4 members (excludes halogenated alkanes) is 3. The normalized spacial score (nSPS) is 15.6. The van der Waals surface area contributed by atoms with Crippen LogP contribution in [0.1, 0.15) is 50.2 Å². The van der Waals surface area contributed by atoms with Gasteiger partial charge in [0.1, 0.15) is 0 Å². The highest BCUT2D eigenvalue weighted by molar-refractivity contribution is 4.92. The van der Waals surface area contributed by atoms with Gasteiger partial charge in [0.15, 0.2) is 5.82 Å². The van der Waals surface area contributed by atoms with Crippen LogP contribution < -0.4 is 5.73 Å². The summed E-state index contributed by atoms with van der Waals surface area (Å²) in [5.41, 5.74) is 5.44. The third kappa shape index (κ3) is 3.93. The van der Waals surface area contributed by atoms with Crippen LogP contribution in [-0.2, 0) is 12.8 Å². The molecule has 0 amide bonds. The quantitative estimate of drug-likeness (QED) is 0.685. The summed E-state index contributed by atoms with van der Waals surface area (Å²) >= 11 is 0. The molecule has 1 aromatic rings. The zero-order chi connectivity index (χ0) is 11.2. The summed E-state index contributed by atoms with van der Waals surface area (Å²) in [4.78, 5) is 4.41. The van der Waals surface area contributed by atoms with E-state index < -0.39 is 0 Å². The van der Waals surface area contributed by atoms with E-state index in [1.807, 2.05) is 0 Å². The van der Waals surface area contributed by atoms with Crippen LogP contribution in [0.3, 0.4) is 0 Å². The summed E-state index contributed by atoms with van der Waals surface area (Å²) < 4.78 is 5.21. The predicted molar refractivity (Wildman–Crippen MR) is 62.0 cm³/mol. The number of aryl methyl sites for hydroxylation is 1. The van der Waals surface area contributed by atoms with Gasteiger partial charge in [0.25, 0.3) is 0 Å².